The van der Waals surface area contributed by atoms with E-state index in [0.29, 0.717) is 37.6 Å². The summed E-state index contributed by atoms with van der Waals surface area (Å²) in [5.74, 6) is -0.198. The van der Waals surface area contributed by atoms with E-state index < -0.39 is 16.1 Å². The number of benzene rings is 1. The van der Waals surface area contributed by atoms with Gasteiger partial charge in [0.15, 0.2) is 5.13 Å². The first-order chi connectivity index (χ1) is 14.8. The summed E-state index contributed by atoms with van der Waals surface area (Å²) in [5.41, 5.74) is 1.95. The lowest BCUT2D eigenvalue weighted by Gasteiger charge is -2.29. The van der Waals surface area contributed by atoms with Gasteiger partial charge in [-0.3, -0.25) is 9.69 Å². The molecule has 10 heteroatoms. The predicted molar refractivity (Wildman–Crippen MR) is 126 cm³/mol. The van der Waals surface area contributed by atoms with E-state index in [2.05, 4.69) is 0 Å². The van der Waals surface area contributed by atoms with Crippen LogP contribution in [0.5, 0.6) is 0 Å². The lowest BCUT2D eigenvalue weighted by atomic mass is 10.2. The van der Waals surface area contributed by atoms with Crippen molar-refractivity contribution in [2.45, 2.75) is 30.0 Å². The largest absolute Gasteiger partial charge is 0.308 e. The topological polar surface area (TPSA) is 73.8 Å². The zero-order chi connectivity index (χ0) is 22.2. The molecule has 1 atom stereocenters. The van der Waals surface area contributed by atoms with E-state index in [0.717, 1.165) is 15.8 Å². The molecule has 2 aromatic heterocycles. The minimum absolute atomic E-state index is 0.198. The summed E-state index contributed by atoms with van der Waals surface area (Å²) in [4.78, 5) is 22.2. The quantitative estimate of drug-likeness (QED) is 0.520. The lowest BCUT2D eigenvalue weighted by Crippen LogP contribution is -2.49. The molecule has 7 nitrogen and oxygen atoms in total. The Balaban J connectivity index is 1.69. The number of thiazole rings is 1. The second-order valence-electron chi connectivity index (χ2n) is 7.92. The maximum Gasteiger partial charge on any atom is 0.253 e. The average molecular weight is 479 g/mol. The van der Waals surface area contributed by atoms with E-state index in [4.69, 9.17) is 4.98 Å². The van der Waals surface area contributed by atoms with E-state index in [1.165, 1.54) is 27.0 Å². The van der Waals surface area contributed by atoms with Crippen LogP contribution >= 0.6 is 22.7 Å². The Morgan fingerprint density at radius 1 is 1.23 bits per heavy atom. The van der Waals surface area contributed by atoms with Crippen LogP contribution in [0, 0.1) is 6.92 Å². The third-order valence-electron chi connectivity index (χ3n) is 5.42. The molecule has 0 spiro atoms. The van der Waals surface area contributed by atoms with Crippen molar-refractivity contribution in [1.29, 1.82) is 0 Å². The van der Waals surface area contributed by atoms with Crippen molar-refractivity contribution >= 4 is 54.0 Å². The van der Waals surface area contributed by atoms with Gasteiger partial charge >= 0.3 is 0 Å². The van der Waals surface area contributed by atoms with Crippen molar-refractivity contribution in [2.24, 2.45) is 0 Å². The number of aromatic nitrogens is 1. The van der Waals surface area contributed by atoms with Gasteiger partial charge in [0.05, 0.1) is 10.2 Å². The summed E-state index contributed by atoms with van der Waals surface area (Å²) in [7, 11) is 0.214. The van der Waals surface area contributed by atoms with Crippen LogP contribution in [0.25, 0.3) is 10.2 Å². The standard InChI is InChI=1S/C21H26N4O3S3/c1-15-7-4-9-17-19(15)22-21(30-17)24(13-12-23(2)3)20(26)16-8-5-11-25(16)31(27,28)18-10-6-14-29-18/h4,6-7,9-10,14,16H,5,8,11-13H2,1-3H3/t16-/m1/s1. The van der Waals surface area contributed by atoms with Gasteiger partial charge in [0, 0.05) is 19.6 Å². The SMILES string of the molecule is Cc1cccc2sc(N(CCN(C)C)C(=O)[C@H]3CCCN3S(=O)(=O)c3cccs3)nc12. The molecule has 0 radical (unpaired) electrons. The first-order valence-electron chi connectivity index (χ1n) is 10.2. The van der Waals surface area contributed by atoms with Crippen LogP contribution in [0.2, 0.25) is 0 Å². The molecular formula is C21H26N4O3S3. The highest BCUT2D eigenvalue weighted by Crippen LogP contribution is 2.34. The van der Waals surface area contributed by atoms with Gasteiger partial charge in [-0.1, -0.05) is 29.5 Å². The number of hydrogen-bond donors (Lipinski definition) is 0. The first-order valence-corrected chi connectivity index (χ1v) is 13.3. The fourth-order valence-electron chi connectivity index (χ4n) is 3.77. The predicted octanol–water partition coefficient (Wildman–Crippen LogP) is 3.41. The molecule has 0 bridgehead atoms. The number of carbonyl (C=O) groups is 1. The molecule has 0 saturated carbocycles. The number of aryl methyl sites for hydroxylation is 1. The Hall–Kier alpha value is -1.85. The van der Waals surface area contributed by atoms with E-state index in [-0.39, 0.29) is 10.1 Å². The summed E-state index contributed by atoms with van der Waals surface area (Å²) in [6, 6.07) is 8.60. The molecule has 1 amide bonds. The van der Waals surface area contributed by atoms with Gasteiger partial charge in [0.2, 0.25) is 5.91 Å². The molecule has 1 fully saturated rings. The van der Waals surface area contributed by atoms with Gasteiger partial charge in [-0.05, 0) is 56.9 Å². The second-order valence-corrected chi connectivity index (χ2v) is 12.0. The maximum absolute atomic E-state index is 13.7. The smallest absolute Gasteiger partial charge is 0.253 e. The fraction of sp³-hybridized carbons (Fsp3) is 0.429. The highest BCUT2D eigenvalue weighted by Gasteiger charge is 2.42. The summed E-state index contributed by atoms with van der Waals surface area (Å²) in [5, 5.41) is 2.36. The highest BCUT2D eigenvalue weighted by molar-refractivity contribution is 7.91. The van der Waals surface area contributed by atoms with Crippen LogP contribution in [-0.2, 0) is 14.8 Å². The minimum atomic E-state index is -3.69. The van der Waals surface area contributed by atoms with Crippen LogP contribution < -0.4 is 4.90 Å². The van der Waals surface area contributed by atoms with Crippen molar-refractivity contribution in [3.8, 4) is 0 Å². The summed E-state index contributed by atoms with van der Waals surface area (Å²) in [6.45, 7) is 3.47. The molecule has 4 rings (SSSR count). The molecule has 1 aliphatic rings. The molecular weight excluding hydrogens is 452 g/mol. The minimum Gasteiger partial charge on any atom is -0.308 e. The highest BCUT2D eigenvalue weighted by atomic mass is 32.2. The number of amides is 1. The fourth-order valence-corrected chi connectivity index (χ4v) is 7.62. The number of anilines is 1. The molecule has 0 N–H and O–H groups in total. The third-order valence-corrected chi connectivity index (χ3v) is 9.75. The van der Waals surface area contributed by atoms with Crippen LogP contribution in [0.1, 0.15) is 18.4 Å². The zero-order valence-electron chi connectivity index (χ0n) is 17.8. The number of fused-ring (bicyclic) bond motifs is 1. The zero-order valence-corrected chi connectivity index (χ0v) is 20.3. The monoisotopic (exact) mass is 478 g/mol. The molecule has 1 aliphatic heterocycles. The van der Waals surface area contributed by atoms with Gasteiger partial charge in [-0.2, -0.15) is 4.31 Å². The molecule has 0 aliphatic carbocycles. The number of likely N-dealkylation sites (N-methyl/N-ethyl adjacent to an activating group) is 1. The number of hydrogen-bond acceptors (Lipinski definition) is 7. The second kappa shape index (κ2) is 8.95. The van der Waals surface area contributed by atoms with Crippen molar-refractivity contribution in [1.82, 2.24) is 14.2 Å². The molecule has 31 heavy (non-hydrogen) atoms. The number of nitrogens with zero attached hydrogens (tertiary/aromatic N) is 4. The average Bonchev–Trinajstić information content (AvgIpc) is 3.47. The van der Waals surface area contributed by atoms with E-state index in [1.807, 2.05) is 44.1 Å². The van der Waals surface area contributed by atoms with Crippen molar-refractivity contribution in [3.63, 3.8) is 0 Å². The van der Waals surface area contributed by atoms with Gasteiger partial charge in [-0.15, -0.1) is 11.3 Å². The Labute approximate surface area is 191 Å². The van der Waals surface area contributed by atoms with Gasteiger partial charge in [0.25, 0.3) is 10.0 Å². The Morgan fingerprint density at radius 2 is 2.03 bits per heavy atom. The Bertz CT molecular complexity index is 1170. The third kappa shape index (κ3) is 4.40. The maximum atomic E-state index is 13.7. The molecule has 1 saturated heterocycles. The normalized spacial score (nSPS) is 17.6. The number of sulfonamides is 1. The number of carbonyl (C=O) groups excluding carboxylic acids is 1. The summed E-state index contributed by atoms with van der Waals surface area (Å²) < 4.78 is 29.0. The van der Waals surface area contributed by atoms with Gasteiger partial charge < -0.3 is 4.90 Å². The summed E-state index contributed by atoms with van der Waals surface area (Å²) >= 11 is 2.66. The molecule has 3 heterocycles. The van der Waals surface area contributed by atoms with E-state index in [9.17, 15) is 13.2 Å². The van der Waals surface area contributed by atoms with Gasteiger partial charge in [0.1, 0.15) is 10.3 Å². The van der Waals surface area contributed by atoms with Crippen molar-refractivity contribution in [3.05, 3.63) is 41.3 Å². The number of rotatable bonds is 7. The van der Waals surface area contributed by atoms with E-state index >= 15 is 0 Å². The van der Waals surface area contributed by atoms with Crippen molar-refractivity contribution < 1.29 is 13.2 Å². The van der Waals surface area contributed by atoms with Gasteiger partial charge in [-0.25, -0.2) is 13.4 Å². The van der Waals surface area contributed by atoms with E-state index in [1.54, 1.807) is 22.4 Å². The van der Waals surface area contributed by atoms with Crippen molar-refractivity contribution in [2.75, 3.05) is 38.6 Å². The molecule has 0 unspecified atom stereocenters. The number of thiophene rings is 1. The number of para-hydroxylation sites is 1. The van der Waals surface area contributed by atoms with Crippen LogP contribution in [0.4, 0.5) is 5.13 Å². The van der Waals surface area contributed by atoms with Crippen LogP contribution in [0.15, 0.2) is 39.9 Å². The summed E-state index contributed by atoms with van der Waals surface area (Å²) in [6.07, 6.45) is 1.19. The molecule has 3 aromatic rings. The van der Waals surface area contributed by atoms with Crippen LogP contribution in [0.3, 0.4) is 0 Å². The Morgan fingerprint density at radius 3 is 2.71 bits per heavy atom. The van der Waals surface area contributed by atoms with Crippen LogP contribution in [-0.4, -0.2) is 68.3 Å². The Kier molecular flexibility index (Phi) is 6.45. The molecule has 166 valence electrons. The lowest BCUT2D eigenvalue weighted by molar-refractivity contribution is -0.121. The molecule has 1 aromatic carbocycles. The first kappa shape index (κ1) is 22.3.